The fraction of sp³-hybridized carbons (Fsp3) is 0.300. The first-order valence-corrected chi connectivity index (χ1v) is 9.57. The summed E-state index contributed by atoms with van der Waals surface area (Å²) < 4.78 is 12.0. The van der Waals surface area contributed by atoms with Crippen LogP contribution < -0.4 is 5.32 Å². The summed E-state index contributed by atoms with van der Waals surface area (Å²) in [6.45, 7) is 5.78. The van der Waals surface area contributed by atoms with Crippen LogP contribution in [0.4, 0.5) is 5.69 Å². The molecular weight excluding hydrogens is 350 g/mol. The molecule has 0 bridgehead atoms. The van der Waals surface area contributed by atoms with Crippen molar-refractivity contribution >= 4 is 28.4 Å². The van der Waals surface area contributed by atoms with Crippen molar-refractivity contribution in [3.63, 3.8) is 0 Å². The molecule has 0 aliphatic carbocycles. The van der Waals surface area contributed by atoms with Crippen molar-refractivity contribution in [3.05, 3.63) is 65.2 Å². The van der Waals surface area contributed by atoms with Gasteiger partial charge in [0.15, 0.2) is 0 Å². The van der Waals surface area contributed by atoms with E-state index in [-0.39, 0.29) is 22.6 Å². The van der Waals surface area contributed by atoms with Gasteiger partial charge in [-0.3, -0.25) is 9.00 Å². The number of aromatic carboxylic acids is 1. The van der Waals surface area contributed by atoms with Crippen LogP contribution in [0.15, 0.2) is 48.5 Å². The molecule has 5 nitrogen and oxygen atoms in total. The van der Waals surface area contributed by atoms with Crippen molar-refractivity contribution in [2.75, 3.05) is 5.32 Å². The van der Waals surface area contributed by atoms with Crippen LogP contribution in [-0.4, -0.2) is 25.9 Å². The maximum Gasteiger partial charge on any atom is 0.335 e. The third-order valence-electron chi connectivity index (χ3n) is 3.79. The number of carbonyl (C=O) groups excluding carboxylic acids is 1. The van der Waals surface area contributed by atoms with Gasteiger partial charge < -0.3 is 10.4 Å². The van der Waals surface area contributed by atoms with Crippen LogP contribution in [-0.2, 0) is 27.8 Å². The van der Waals surface area contributed by atoms with Gasteiger partial charge in [0.2, 0.25) is 5.91 Å². The number of benzene rings is 2. The SMILES string of the molecule is CC(C)(C)S(=O)Cc1cccc(NC(=O)Cc2ccccc2C(=O)O)c1. The lowest BCUT2D eigenvalue weighted by atomic mass is 10.0. The second kappa shape index (κ2) is 8.27. The number of hydrogen-bond donors (Lipinski definition) is 2. The average Bonchev–Trinajstić information content (AvgIpc) is 2.54. The Morgan fingerprint density at radius 3 is 2.42 bits per heavy atom. The summed E-state index contributed by atoms with van der Waals surface area (Å²) in [5, 5.41) is 12.0. The van der Waals surface area contributed by atoms with Crippen LogP contribution in [0.2, 0.25) is 0 Å². The number of amides is 1. The first kappa shape index (κ1) is 19.8. The van der Waals surface area contributed by atoms with E-state index < -0.39 is 16.8 Å². The highest BCUT2D eigenvalue weighted by Gasteiger charge is 2.19. The van der Waals surface area contributed by atoms with Crippen LogP contribution in [0.25, 0.3) is 0 Å². The predicted molar refractivity (Wildman–Crippen MR) is 104 cm³/mol. The fourth-order valence-corrected chi connectivity index (χ4v) is 3.28. The Balaban J connectivity index is 2.07. The minimum absolute atomic E-state index is 0.0272. The van der Waals surface area contributed by atoms with Gasteiger partial charge in [-0.1, -0.05) is 30.3 Å². The third kappa shape index (κ3) is 5.52. The number of anilines is 1. The Bertz CT molecular complexity index is 840. The van der Waals surface area contributed by atoms with Gasteiger partial charge in [-0.15, -0.1) is 0 Å². The zero-order valence-corrected chi connectivity index (χ0v) is 15.9. The monoisotopic (exact) mass is 373 g/mol. The highest BCUT2D eigenvalue weighted by molar-refractivity contribution is 7.85. The Hall–Kier alpha value is -2.47. The molecule has 138 valence electrons. The average molecular weight is 373 g/mol. The largest absolute Gasteiger partial charge is 0.478 e. The van der Waals surface area contributed by atoms with Crippen molar-refractivity contribution in [1.29, 1.82) is 0 Å². The fourth-order valence-electron chi connectivity index (χ4n) is 2.37. The predicted octanol–water partition coefficient (Wildman–Crippen LogP) is 3.61. The summed E-state index contributed by atoms with van der Waals surface area (Å²) in [7, 11) is -1.03. The minimum atomic E-state index is -1.06. The molecule has 0 spiro atoms. The number of nitrogens with one attached hydrogen (secondary N) is 1. The molecule has 6 heteroatoms. The molecule has 1 amide bonds. The first-order chi connectivity index (χ1) is 12.2. The molecule has 0 aliphatic heterocycles. The van der Waals surface area contributed by atoms with Gasteiger partial charge in [0.1, 0.15) is 0 Å². The molecule has 1 unspecified atom stereocenters. The zero-order valence-electron chi connectivity index (χ0n) is 15.1. The van der Waals surface area contributed by atoms with Gasteiger partial charge in [-0.05, 0) is 50.1 Å². The van der Waals surface area contributed by atoms with Gasteiger partial charge in [0.05, 0.1) is 12.0 Å². The quantitative estimate of drug-likeness (QED) is 0.810. The van der Waals surface area contributed by atoms with Crippen molar-refractivity contribution < 1.29 is 18.9 Å². The lowest BCUT2D eigenvalue weighted by Gasteiger charge is -2.18. The van der Waals surface area contributed by atoms with Crippen molar-refractivity contribution in [1.82, 2.24) is 0 Å². The molecule has 2 aromatic carbocycles. The topological polar surface area (TPSA) is 83.5 Å². The summed E-state index contributed by atoms with van der Waals surface area (Å²) in [6, 6.07) is 13.7. The standard InChI is InChI=1S/C20H23NO4S/c1-20(2,3)26(25)13-14-7-6-9-16(11-14)21-18(22)12-15-8-4-5-10-17(15)19(23)24/h4-11H,12-13H2,1-3H3,(H,21,22)(H,23,24). The van der Waals surface area contributed by atoms with E-state index in [1.807, 2.05) is 26.8 Å². The maximum atomic E-state index is 12.3. The maximum absolute atomic E-state index is 12.3. The van der Waals surface area contributed by atoms with Gasteiger partial charge in [0, 0.05) is 27.0 Å². The molecule has 0 aromatic heterocycles. The van der Waals surface area contributed by atoms with Crippen LogP contribution in [0.1, 0.15) is 42.3 Å². The molecule has 2 aromatic rings. The minimum Gasteiger partial charge on any atom is -0.478 e. The Morgan fingerprint density at radius 2 is 1.77 bits per heavy atom. The number of carboxylic acid groups (broad SMARTS) is 1. The molecule has 0 aliphatic rings. The van der Waals surface area contributed by atoms with Crippen LogP contribution in [0.3, 0.4) is 0 Å². The summed E-state index contributed by atoms with van der Waals surface area (Å²) in [5.74, 6) is -0.942. The van der Waals surface area contributed by atoms with Gasteiger partial charge in [-0.2, -0.15) is 0 Å². The molecule has 26 heavy (non-hydrogen) atoms. The molecule has 0 radical (unpaired) electrons. The molecule has 2 rings (SSSR count). The lowest BCUT2D eigenvalue weighted by Crippen LogP contribution is -2.23. The van der Waals surface area contributed by atoms with E-state index in [0.717, 1.165) is 5.56 Å². The zero-order chi connectivity index (χ0) is 19.3. The second-order valence-corrected chi connectivity index (χ2v) is 9.19. The highest BCUT2D eigenvalue weighted by Crippen LogP contribution is 2.19. The Labute approximate surface area is 155 Å². The van der Waals surface area contributed by atoms with E-state index in [1.165, 1.54) is 6.07 Å². The molecule has 0 heterocycles. The van der Waals surface area contributed by atoms with Crippen LogP contribution >= 0.6 is 0 Å². The molecule has 0 fully saturated rings. The molecule has 0 saturated carbocycles. The van der Waals surface area contributed by atoms with Crippen LogP contribution in [0.5, 0.6) is 0 Å². The van der Waals surface area contributed by atoms with E-state index in [9.17, 15) is 18.9 Å². The molecule has 1 atom stereocenters. The van der Waals surface area contributed by atoms with E-state index in [4.69, 9.17) is 0 Å². The summed E-state index contributed by atoms with van der Waals surface area (Å²) in [4.78, 5) is 23.5. The second-order valence-electron chi connectivity index (χ2n) is 6.99. The first-order valence-electron chi connectivity index (χ1n) is 8.25. The van der Waals surface area contributed by atoms with E-state index >= 15 is 0 Å². The van der Waals surface area contributed by atoms with Gasteiger partial charge >= 0.3 is 5.97 Å². The Morgan fingerprint density at radius 1 is 1.08 bits per heavy atom. The molecular formula is C20H23NO4S. The van der Waals surface area contributed by atoms with Gasteiger partial charge in [0.25, 0.3) is 0 Å². The van der Waals surface area contributed by atoms with Crippen molar-refractivity contribution in [3.8, 4) is 0 Å². The van der Waals surface area contributed by atoms with E-state index in [0.29, 0.717) is 17.0 Å². The van der Waals surface area contributed by atoms with Gasteiger partial charge in [-0.25, -0.2) is 4.79 Å². The molecule has 2 N–H and O–H groups in total. The smallest absolute Gasteiger partial charge is 0.335 e. The van der Waals surface area contributed by atoms with E-state index in [1.54, 1.807) is 36.4 Å². The summed E-state index contributed by atoms with van der Waals surface area (Å²) in [6.07, 6.45) is -0.0272. The third-order valence-corrected chi connectivity index (χ3v) is 5.75. The number of carbonyl (C=O) groups is 2. The number of hydrogen-bond acceptors (Lipinski definition) is 3. The Kier molecular flexibility index (Phi) is 6.32. The van der Waals surface area contributed by atoms with Crippen LogP contribution in [0, 0.1) is 0 Å². The summed E-state index contributed by atoms with van der Waals surface area (Å²) >= 11 is 0. The number of carboxylic acids is 1. The van der Waals surface area contributed by atoms with E-state index in [2.05, 4.69) is 5.32 Å². The van der Waals surface area contributed by atoms with Crippen molar-refractivity contribution in [2.45, 2.75) is 37.7 Å². The lowest BCUT2D eigenvalue weighted by molar-refractivity contribution is -0.115. The highest BCUT2D eigenvalue weighted by atomic mass is 32.2. The normalized spacial score (nSPS) is 12.4. The number of rotatable bonds is 6. The van der Waals surface area contributed by atoms with Crippen molar-refractivity contribution in [2.24, 2.45) is 0 Å². The molecule has 0 saturated heterocycles. The summed E-state index contributed by atoms with van der Waals surface area (Å²) in [5.41, 5.74) is 2.06.